The van der Waals surface area contributed by atoms with Gasteiger partial charge in [0.1, 0.15) is 0 Å². The molecule has 1 atom stereocenters. The Labute approximate surface area is 96.2 Å². The number of hydrogen-bond donors (Lipinski definition) is 1. The van der Waals surface area contributed by atoms with Gasteiger partial charge in [0.2, 0.25) is 6.41 Å². The van der Waals surface area contributed by atoms with Crippen LogP contribution in [0.15, 0.2) is 24.3 Å². The van der Waals surface area contributed by atoms with Crippen molar-refractivity contribution in [3.8, 4) is 0 Å². The second kappa shape index (κ2) is 5.12. The van der Waals surface area contributed by atoms with E-state index < -0.39 is 0 Å². The number of nitrogens with two attached hydrogens (primary N) is 1. The van der Waals surface area contributed by atoms with Crippen LogP contribution < -0.4 is 5.73 Å². The van der Waals surface area contributed by atoms with Crippen LogP contribution in [0.1, 0.15) is 29.9 Å². The first-order valence-corrected chi connectivity index (χ1v) is 5.81. The van der Waals surface area contributed by atoms with Crippen molar-refractivity contribution in [2.24, 2.45) is 5.73 Å². The van der Waals surface area contributed by atoms with Crippen LogP contribution in [0.25, 0.3) is 0 Å². The van der Waals surface area contributed by atoms with Crippen molar-refractivity contribution < 1.29 is 4.79 Å². The molecule has 0 saturated carbocycles. The molecular formula is C13H18N2O. The van der Waals surface area contributed by atoms with E-state index in [9.17, 15) is 4.79 Å². The maximum atomic E-state index is 10.8. The SMILES string of the molecule is NCc1cccc(C2CCCN(C=O)C2)c1. The fourth-order valence-corrected chi connectivity index (χ4v) is 2.35. The minimum absolute atomic E-state index is 0.477. The molecule has 16 heavy (non-hydrogen) atoms. The Kier molecular flexibility index (Phi) is 3.57. The summed E-state index contributed by atoms with van der Waals surface area (Å²) < 4.78 is 0. The van der Waals surface area contributed by atoms with E-state index in [1.807, 2.05) is 11.0 Å². The van der Waals surface area contributed by atoms with E-state index in [-0.39, 0.29) is 0 Å². The lowest BCUT2D eigenvalue weighted by atomic mass is 9.90. The Balaban J connectivity index is 2.13. The second-order valence-electron chi connectivity index (χ2n) is 4.39. The molecule has 1 saturated heterocycles. The van der Waals surface area contributed by atoms with E-state index in [1.54, 1.807) is 0 Å². The third-order valence-electron chi connectivity index (χ3n) is 3.26. The zero-order valence-electron chi connectivity index (χ0n) is 9.43. The number of carbonyl (C=O) groups excluding carboxylic acids is 1. The topological polar surface area (TPSA) is 46.3 Å². The first-order valence-electron chi connectivity index (χ1n) is 5.81. The van der Waals surface area contributed by atoms with Crippen molar-refractivity contribution in [1.82, 2.24) is 4.90 Å². The molecule has 1 aromatic rings. The third-order valence-corrected chi connectivity index (χ3v) is 3.26. The summed E-state index contributed by atoms with van der Waals surface area (Å²) >= 11 is 0. The molecule has 1 fully saturated rings. The van der Waals surface area contributed by atoms with Crippen molar-refractivity contribution in [1.29, 1.82) is 0 Å². The number of benzene rings is 1. The van der Waals surface area contributed by atoms with E-state index >= 15 is 0 Å². The molecule has 1 aliphatic heterocycles. The summed E-state index contributed by atoms with van der Waals surface area (Å²) in [6, 6.07) is 8.40. The van der Waals surface area contributed by atoms with Crippen LogP contribution in [-0.4, -0.2) is 24.4 Å². The Hall–Kier alpha value is -1.35. The quantitative estimate of drug-likeness (QED) is 0.781. The first kappa shape index (κ1) is 11.1. The number of likely N-dealkylation sites (tertiary alicyclic amines) is 1. The average molecular weight is 218 g/mol. The molecule has 0 radical (unpaired) electrons. The van der Waals surface area contributed by atoms with Crippen molar-refractivity contribution >= 4 is 6.41 Å². The van der Waals surface area contributed by atoms with Crippen LogP contribution in [0.3, 0.4) is 0 Å². The first-order chi connectivity index (χ1) is 7.83. The fourth-order valence-electron chi connectivity index (χ4n) is 2.35. The summed E-state index contributed by atoms with van der Waals surface area (Å²) in [4.78, 5) is 12.6. The lowest BCUT2D eigenvalue weighted by molar-refractivity contribution is -0.119. The van der Waals surface area contributed by atoms with Gasteiger partial charge in [-0.05, 0) is 24.0 Å². The van der Waals surface area contributed by atoms with Crippen LogP contribution in [0.5, 0.6) is 0 Å². The predicted molar refractivity (Wildman–Crippen MR) is 63.9 cm³/mol. The highest BCUT2D eigenvalue weighted by Gasteiger charge is 2.20. The molecule has 0 aliphatic carbocycles. The lowest BCUT2D eigenvalue weighted by Crippen LogP contribution is -2.33. The molecule has 1 aromatic carbocycles. The smallest absolute Gasteiger partial charge is 0.209 e. The van der Waals surface area contributed by atoms with Gasteiger partial charge in [0.05, 0.1) is 0 Å². The van der Waals surface area contributed by atoms with Crippen molar-refractivity contribution in [3.05, 3.63) is 35.4 Å². The summed E-state index contributed by atoms with van der Waals surface area (Å²) in [5.74, 6) is 0.477. The Bertz CT molecular complexity index is 365. The Morgan fingerprint density at radius 3 is 3.12 bits per heavy atom. The second-order valence-corrected chi connectivity index (χ2v) is 4.39. The molecule has 0 bridgehead atoms. The van der Waals surface area contributed by atoms with E-state index in [1.165, 1.54) is 17.5 Å². The molecule has 1 heterocycles. The fraction of sp³-hybridized carbons (Fsp3) is 0.462. The molecular weight excluding hydrogens is 200 g/mol. The molecule has 2 N–H and O–H groups in total. The van der Waals surface area contributed by atoms with E-state index in [4.69, 9.17) is 5.73 Å². The standard InChI is InChI=1S/C13H18N2O/c14-8-11-3-1-4-12(7-11)13-5-2-6-15(9-13)10-16/h1,3-4,7,10,13H,2,5-6,8-9,14H2. The monoisotopic (exact) mass is 218 g/mol. The van der Waals surface area contributed by atoms with Crippen LogP contribution in [0, 0.1) is 0 Å². The molecule has 1 aliphatic rings. The maximum Gasteiger partial charge on any atom is 0.209 e. The molecule has 0 aromatic heterocycles. The van der Waals surface area contributed by atoms with Gasteiger partial charge in [-0.1, -0.05) is 24.3 Å². The van der Waals surface area contributed by atoms with Gasteiger partial charge in [-0.2, -0.15) is 0 Å². The normalized spacial score (nSPS) is 20.8. The van der Waals surface area contributed by atoms with E-state index in [0.717, 1.165) is 25.9 Å². The van der Waals surface area contributed by atoms with Gasteiger partial charge in [0, 0.05) is 25.6 Å². The zero-order chi connectivity index (χ0) is 11.4. The molecule has 2 rings (SSSR count). The molecule has 0 spiro atoms. The zero-order valence-corrected chi connectivity index (χ0v) is 9.43. The van der Waals surface area contributed by atoms with Gasteiger partial charge < -0.3 is 10.6 Å². The van der Waals surface area contributed by atoms with Crippen molar-refractivity contribution in [2.75, 3.05) is 13.1 Å². The number of rotatable bonds is 3. The number of amides is 1. The maximum absolute atomic E-state index is 10.8. The van der Waals surface area contributed by atoms with Crippen LogP contribution >= 0.6 is 0 Å². The van der Waals surface area contributed by atoms with Gasteiger partial charge in [0.15, 0.2) is 0 Å². The van der Waals surface area contributed by atoms with Gasteiger partial charge in [-0.3, -0.25) is 4.79 Å². The highest BCUT2D eigenvalue weighted by molar-refractivity contribution is 5.47. The number of carbonyl (C=O) groups is 1. The van der Waals surface area contributed by atoms with Gasteiger partial charge in [-0.25, -0.2) is 0 Å². The van der Waals surface area contributed by atoms with Crippen molar-refractivity contribution in [3.63, 3.8) is 0 Å². The molecule has 86 valence electrons. The van der Waals surface area contributed by atoms with Gasteiger partial charge in [-0.15, -0.1) is 0 Å². The Morgan fingerprint density at radius 2 is 2.38 bits per heavy atom. The largest absolute Gasteiger partial charge is 0.345 e. The molecule has 3 heteroatoms. The highest BCUT2D eigenvalue weighted by Crippen LogP contribution is 2.26. The minimum Gasteiger partial charge on any atom is -0.345 e. The van der Waals surface area contributed by atoms with Crippen LogP contribution in [0.4, 0.5) is 0 Å². The van der Waals surface area contributed by atoms with Crippen LogP contribution in [-0.2, 0) is 11.3 Å². The molecule has 3 nitrogen and oxygen atoms in total. The summed E-state index contributed by atoms with van der Waals surface area (Å²) in [5, 5.41) is 0. The van der Waals surface area contributed by atoms with Crippen LogP contribution in [0.2, 0.25) is 0 Å². The summed E-state index contributed by atoms with van der Waals surface area (Å²) in [5.41, 5.74) is 8.12. The van der Waals surface area contributed by atoms with Crippen molar-refractivity contribution in [2.45, 2.75) is 25.3 Å². The number of nitrogens with zero attached hydrogens (tertiary/aromatic N) is 1. The van der Waals surface area contributed by atoms with Gasteiger partial charge in [0.25, 0.3) is 0 Å². The highest BCUT2D eigenvalue weighted by atomic mass is 16.1. The van der Waals surface area contributed by atoms with E-state index in [0.29, 0.717) is 12.5 Å². The predicted octanol–water partition coefficient (Wildman–Crippen LogP) is 1.48. The average Bonchev–Trinajstić information content (AvgIpc) is 2.39. The molecule has 1 amide bonds. The third kappa shape index (κ3) is 2.42. The Morgan fingerprint density at radius 1 is 1.50 bits per heavy atom. The van der Waals surface area contributed by atoms with Gasteiger partial charge >= 0.3 is 0 Å². The summed E-state index contributed by atoms with van der Waals surface area (Å²) in [6.45, 7) is 2.33. The summed E-state index contributed by atoms with van der Waals surface area (Å²) in [7, 11) is 0. The minimum atomic E-state index is 0.477. The lowest BCUT2D eigenvalue weighted by Gasteiger charge is -2.30. The number of piperidine rings is 1. The molecule has 1 unspecified atom stereocenters. The summed E-state index contributed by atoms with van der Waals surface area (Å²) in [6.07, 6.45) is 3.22. The number of hydrogen-bond acceptors (Lipinski definition) is 2. The van der Waals surface area contributed by atoms with E-state index in [2.05, 4.69) is 18.2 Å².